The number of benzene rings is 1. The Hall–Kier alpha value is -8.02. The van der Waals surface area contributed by atoms with Gasteiger partial charge in [-0.25, -0.2) is 9.97 Å². The first kappa shape index (κ1) is 45.5. The van der Waals surface area contributed by atoms with Gasteiger partial charge in [-0.15, -0.1) is 5.10 Å². The van der Waals surface area contributed by atoms with Gasteiger partial charge in [0.15, 0.2) is 18.0 Å². The maximum atomic E-state index is 13.8. The van der Waals surface area contributed by atoms with E-state index < -0.39 is 53.0 Å². The number of anilines is 1. The van der Waals surface area contributed by atoms with Gasteiger partial charge in [0, 0.05) is 52.0 Å². The predicted molar refractivity (Wildman–Crippen MR) is 231 cm³/mol. The van der Waals surface area contributed by atoms with E-state index in [0.29, 0.717) is 56.0 Å². The summed E-state index contributed by atoms with van der Waals surface area (Å²) in [5.74, 6) is -3.18. The number of aromatic nitrogens is 8. The van der Waals surface area contributed by atoms with Crippen molar-refractivity contribution >= 4 is 58.6 Å². The number of piperidine rings is 1. The summed E-state index contributed by atoms with van der Waals surface area (Å²) in [6, 6.07) is 4.59. The normalized spacial score (nSPS) is 15.4. The number of imidazole rings is 1. The first-order valence-electron chi connectivity index (χ1n) is 20.9. The van der Waals surface area contributed by atoms with E-state index in [2.05, 4.69) is 36.2 Å². The molecule has 3 aliphatic rings. The zero-order chi connectivity index (χ0) is 47.5. The number of fused-ring (bicyclic) bond motifs is 2. The summed E-state index contributed by atoms with van der Waals surface area (Å²) in [7, 11) is 4.40. The van der Waals surface area contributed by atoms with Gasteiger partial charge in [0.2, 0.25) is 17.7 Å². The Balaban J connectivity index is 0.799. The van der Waals surface area contributed by atoms with Gasteiger partial charge in [0.1, 0.15) is 23.3 Å². The lowest BCUT2D eigenvalue weighted by molar-refractivity contribution is -0.136. The van der Waals surface area contributed by atoms with Crippen LogP contribution >= 0.6 is 11.6 Å². The highest BCUT2D eigenvalue weighted by molar-refractivity contribution is 6.30. The molecule has 4 aromatic heterocycles. The molecule has 0 radical (unpaired) electrons. The first-order valence-corrected chi connectivity index (χ1v) is 21.3. The van der Waals surface area contributed by atoms with E-state index in [1.54, 1.807) is 7.05 Å². The molecule has 1 aromatic carbocycles. The van der Waals surface area contributed by atoms with Gasteiger partial charge in [-0.05, 0) is 49.9 Å². The van der Waals surface area contributed by atoms with Crippen molar-refractivity contribution in [1.82, 2.24) is 59.9 Å². The molecule has 0 saturated carbocycles. The van der Waals surface area contributed by atoms with Gasteiger partial charge in [-0.3, -0.25) is 58.2 Å². The molecule has 8 rings (SSSR count). The van der Waals surface area contributed by atoms with E-state index in [0.717, 1.165) is 4.90 Å². The molecule has 1 unspecified atom stereocenters. The van der Waals surface area contributed by atoms with Crippen LogP contribution in [0.5, 0.6) is 17.6 Å². The molecular weight excluding hydrogens is 898 g/mol. The van der Waals surface area contributed by atoms with Crippen molar-refractivity contribution in [3.05, 3.63) is 86.4 Å². The lowest BCUT2D eigenvalue weighted by Gasteiger charge is -2.27. The van der Waals surface area contributed by atoms with E-state index in [9.17, 15) is 38.4 Å². The summed E-state index contributed by atoms with van der Waals surface area (Å²) in [4.78, 5) is 117. The van der Waals surface area contributed by atoms with Crippen LogP contribution in [0, 0.1) is 0 Å². The number of hydrogen-bond acceptors (Lipinski definition) is 16. The van der Waals surface area contributed by atoms with Gasteiger partial charge in [-0.2, -0.15) is 4.98 Å². The van der Waals surface area contributed by atoms with Crippen molar-refractivity contribution in [1.29, 1.82) is 0 Å². The summed E-state index contributed by atoms with van der Waals surface area (Å²) in [5.41, 5.74) is 1.01. The predicted octanol–water partition coefficient (Wildman–Crippen LogP) is 0.658. The Morgan fingerprint density at radius 1 is 0.896 bits per heavy atom. The highest BCUT2D eigenvalue weighted by atomic mass is 35.5. The van der Waals surface area contributed by atoms with E-state index in [1.807, 2.05) is 4.57 Å². The third-order valence-electron chi connectivity index (χ3n) is 11.1. The van der Waals surface area contributed by atoms with Crippen LogP contribution in [0.15, 0.2) is 47.7 Å². The minimum Gasteiger partial charge on any atom is -0.484 e. The average Bonchev–Trinajstić information content (AvgIpc) is 4.07. The van der Waals surface area contributed by atoms with Crippen molar-refractivity contribution < 1.29 is 47.8 Å². The van der Waals surface area contributed by atoms with Gasteiger partial charge in [-0.1, -0.05) is 16.8 Å². The fourth-order valence-corrected chi connectivity index (χ4v) is 8.08. The molecule has 1 atom stereocenters. The van der Waals surface area contributed by atoms with E-state index >= 15 is 0 Å². The van der Waals surface area contributed by atoms with Gasteiger partial charge >= 0.3 is 6.01 Å². The maximum absolute atomic E-state index is 13.8. The summed E-state index contributed by atoms with van der Waals surface area (Å²) < 4.78 is 20.9. The molecule has 25 heteroatoms. The molecule has 5 aromatic rings. The number of pyridine rings is 1. The number of amides is 7. The van der Waals surface area contributed by atoms with E-state index in [4.69, 9.17) is 30.8 Å². The van der Waals surface area contributed by atoms with Crippen molar-refractivity contribution in [2.75, 3.05) is 38.8 Å². The number of ether oxygens (including phenoxy) is 3. The number of halogens is 1. The average molecular weight is 940 g/mol. The maximum Gasteiger partial charge on any atom is 0.319 e. The minimum absolute atomic E-state index is 0.00139. The first-order chi connectivity index (χ1) is 32.3. The van der Waals surface area contributed by atoms with Crippen LogP contribution in [0.2, 0.25) is 5.02 Å². The SMILES string of the molecule is COc1ncc(-c2nc3c(n2CCCn2cc(C(=O)NCCCCNC(=O)COc4ccc5c(c4)C(=O)N(C4CCC(=O)NC4=O)C5=O)nn2)CN(c2cc(Cl)cn(C)c2=O)C3=O)c(OC)n1. The molecular formula is C42H42ClN13O11. The number of imide groups is 2. The van der Waals surface area contributed by atoms with Crippen molar-refractivity contribution in [3.8, 4) is 29.0 Å². The molecule has 67 heavy (non-hydrogen) atoms. The number of carbonyl (C=O) groups excluding carboxylic acids is 7. The quantitative estimate of drug-likeness (QED) is 0.0803. The standard InChI is InChI=1S/C42H42ClN13O11/c1-52-18-22(43)15-29(40(52)63)55-20-30-33(41(55)64)48-34(26-17-46-42(66-3)49-37(26)65-2)54(30)14-6-13-53-19-27(50-51-53)35(59)45-12-5-4-11-44-32(58)21-67-23-7-8-24-25(16-23)39(62)56(38(24)61)28-9-10-31(57)47-36(28)60/h7-8,15-19,28H,4-6,9-14,20-21H2,1-3H3,(H,44,58)(H,45,59)(H,47,57,60). The second-order valence-electron chi connectivity index (χ2n) is 15.5. The second-order valence-corrected chi connectivity index (χ2v) is 15.9. The van der Waals surface area contributed by atoms with Gasteiger partial charge in [0.05, 0.1) is 54.4 Å². The number of rotatable bonds is 18. The molecule has 348 valence electrons. The van der Waals surface area contributed by atoms with Gasteiger partial charge in [0.25, 0.3) is 35.1 Å². The third kappa shape index (κ3) is 9.27. The van der Waals surface area contributed by atoms with Crippen LogP contribution in [-0.4, -0.2) is 125 Å². The van der Waals surface area contributed by atoms with Crippen LogP contribution in [0.4, 0.5) is 5.69 Å². The lowest BCUT2D eigenvalue weighted by atomic mass is 10.0. The number of aryl methyl sites for hydroxylation is 2. The Labute approximate surface area is 384 Å². The largest absolute Gasteiger partial charge is 0.484 e. The van der Waals surface area contributed by atoms with Crippen LogP contribution in [-0.2, 0) is 41.1 Å². The number of hydrogen-bond donors (Lipinski definition) is 3. The highest BCUT2D eigenvalue weighted by Crippen LogP contribution is 2.35. The molecule has 3 aliphatic heterocycles. The summed E-state index contributed by atoms with van der Waals surface area (Å²) in [5, 5.41) is 16.1. The number of methoxy groups -OCH3 is 2. The van der Waals surface area contributed by atoms with Crippen LogP contribution in [0.3, 0.4) is 0 Å². The Kier molecular flexibility index (Phi) is 13.1. The van der Waals surface area contributed by atoms with E-state index in [-0.39, 0.29) is 83.4 Å². The van der Waals surface area contributed by atoms with Crippen molar-refractivity contribution in [2.24, 2.45) is 7.05 Å². The van der Waals surface area contributed by atoms with E-state index in [1.165, 1.54) is 71.2 Å². The molecule has 1 saturated heterocycles. The fourth-order valence-electron chi connectivity index (χ4n) is 7.83. The highest BCUT2D eigenvalue weighted by Gasteiger charge is 2.45. The summed E-state index contributed by atoms with van der Waals surface area (Å²) >= 11 is 6.25. The smallest absolute Gasteiger partial charge is 0.319 e. The monoisotopic (exact) mass is 939 g/mol. The summed E-state index contributed by atoms with van der Waals surface area (Å²) in [6.07, 6.45) is 5.99. The molecule has 0 aliphatic carbocycles. The lowest BCUT2D eigenvalue weighted by Crippen LogP contribution is -2.54. The number of carbonyl (C=O) groups is 7. The number of nitrogens with zero attached hydrogens (tertiary/aromatic N) is 10. The minimum atomic E-state index is -1.10. The molecule has 7 heterocycles. The number of unbranched alkanes of at least 4 members (excludes halogenated alkanes) is 1. The van der Waals surface area contributed by atoms with Crippen molar-refractivity contribution in [2.45, 2.75) is 57.8 Å². The Bertz CT molecular complexity index is 2910. The molecule has 3 N–H and O–H groups in total. The van der Waals surface area contributed by atoms with Crippen molar-refractivity contribution in [3.63, 3.8) is 0 Å². The molecule has 7 amide bonds. The van der Waals surface area contributed by atoms with Gasteiger partial charge < -0.3 is 34.0 Å². The molecule has 1 fully saturated rings. The molecule has 0 spiro atoms. The van der Waals surface area contributed by atoms with Crippen LogP contribution < -0.4 is 40.6 Å². The van der Waals surface area contributed by atoms with Crippen LogP contribution in [0.1, 0.15) is 79.5 Å². The zero-order valence-electron chi connectivity index (χ0n) is 36.2. The fraction of sp³-hybridized carbons (Fsp3) is 0.357. The Morgan fingerprint density at radius 3 is 2.43 bits per heavy atom. The van der Waals surface area contributed by atoms with Crippen LogP contribution in [0.25, 0.3) is 11.4 Å². The molecule has 0 bridgehead atoms. The third-order valence-corrected chi connectivity index (χ3v) is 11.3. The summed E-state index contributed by atoms with van der Waals surface area (Å²) in [6.45, 7) is 0.888. The molecule has 24 nitrogen and oxygen atoms in total. The topological polar surface area (TPSA) is 286 Å². The number of nitrogens with one attached hydrogen (secondary N) is 3. The Morgan fingerprint density at radius 2 is 1.67 bits per heavy atom. The second kappa shape index (κ2) is 19.2. The zero-order valence-corrected chi connectivity index (χ0v) is 37.0.